The summed E-state index contributed by atoms with van der Waals surface area (Å²) in [6.07, 6.45) is 0. The molecule has 3 heteroatoms. The van der Waals surface area contributed by atoms with Crippen molar-refractivity contribution in [2.45, 2.75) is 0 Å². The van der Waals surface area contributed by atoms with Crippen molar-refractivity contribution in [2.24, 2.45) is 0 Å². The van der Waals surface area contributed by atoms with Crippen LogP contribution in [0.3, 0.4) is 0 Å². The predicted octanol–water partition coefficient (Wildman–Crippen LogP) is 0.530. The van der Waals surface area contributed by atoms with Crippen LogP contribution in [0.4, 0.5) is 0 Å². The molecule has 0 saturated carbocycles. The Kier molecular flexibility index (Phi) is 2.09. The van der Waals surface area contributed by atoms with Gasteiger partial charge in [0.1, 0.15) is 0 Å². The molecular weight excluding hydrogens is 183 g/mol. The van der Waals surface area contributed by atoms with E-state index in [1.165, 1.54) is 7.11 Å². The van der Waals surface area contributed by atoms with Gasteiger partial charge in [0, 0.05) is 0 Å². The minimum absolute atomic E-state index is 0.231. The van der Waals surface area contributed by atoms with Crippen molar-refractivity contribution in [2.75, 3.05) is 7.11 Å². The molecule has 0 saturated heterocycles. The van der Waals surface area contributed by atoms with Gasteiger partial charge >= 0.3 is 58.6 Å². The second-order valence-corrected chi connectivity index (χ2v) is 3.14. The van der Waals surface area contributed by atoms with E-state index in [1.807, 2.05) is 9.88 Å². The summed E-state index contributed by atoms with van der Waals surface area (Å²) in [4.78, 5) is 14.6. The van der Waals surface area contributed by atoms with Gasteiger partial charge in [0.15, 0.2) is 0 Å². The van der Waals surface area contributed by atoms with Gasteiger partial charge in [-0.2, -0.15) is 0 Å². The summed E-state index contributed by atoms with van der Waals surface area (Å²) in [6, 6.07) is 1.80. The zero-order valence-electron chi connectivity index (χ0n) is 4.96. The molecule has 0 aliphatic carbocycles. The first-order valence-corrected chi connectivity index (χ1v) is 4.43. The summed E-state index contributed by atoms with van der Waals surface area (Å²) < 4.78 is 4.49. The maximum absolute atomic E-state index is 10.7. The topological polar surface area (TPSA) is 26.3 Å². The van der Waals surface area contributed by atoms with Gasteiger partial charge in [-0.3, -0.25) is 0 Å². The van der Waals surface area contributed by atoms with Crippen LogP contribution in [0.5, 0.6) is 0 Å². The van der Waals surface area contributed by atoms with E-state index in [2.05, 4.69) is 4.74 Å². The molecule has 0 atom stereocenters. The fraction of sp³-hybridized carbons (Fsp3) is 0.167. The average molecular weight is 189 g/mol. The molecule has 0 bridgehead atoms. The van der Waals surface area contributed by atoms with E-state index in [1.54, 1.807) is 6.07 Å². The van der Waals surface area contributed by atoms with Crippen LogP contribution in [0.1, 0.15) is 10.4 Å². The van der Waals surface area contributed by atoms with Crippen molar-refractivity contribution in [3.8, 4) is 0 Å². The van der Waals surface area contributed by atoms with Gasteiger partial charge in [0.2, 0.25) is 0 Å². The van der Waals surface area contributed by atoms with Gasteiger partial charge in [-0.05, 0) is 0 Å². The second kappa shape index (κ2) is 2.85. The molecule has 0 aliphatic rings. The molecule has 0 amide bonds. The number of hydrogen-bond donors (Lipinski definition) is 0. The maximum atomic E-state index is 10.7. The van der Waals surface area contributed by atoms with Crippen molar-refractivity contribution >= 4 is 20.5 Å². The van der Waals surface area contributed by atoms with Crippen LogP contribution in [0.2, 0.25) is 0 Å². The Balaban J connectivity index is 2.77. The summed E-state index contributed by atoms with van der Waals surface area (Å²) >= 11 is 0.378. The Labute approximate surface area is 59.2 Å². The van der Waals surface area contributed by atoms with Crippen LogP contribution in [0.25, 0.3) is 0 Å². The third-order valence-corrected chi connectivity index (χ3v) is 2.38. The zero-order chi connectivity index (χ0) is 6.69. The van der Waals surface area contributed by atoms with Gasteiger partial charge in [-0.25, -0.2) is 0 Å². The monoisotopic (exact) mass is 190 g/mol. The molecule has 0 spiro atoms. The molecule has 0 aliphatic heterocycles. The third kappa shape index (κ3) is 1.44. The normalized spacial score (nSPS) is 9.00. The van der Waals surface area contributed by atoms with Crippen LogP contribution in [-0.4, -0.2) is 27.6 Å². The summed E-state index contributed by atoms with van der Waals surface area (Å²) in [6.45, 7) is 0. The van der Waals surface area contributed by atoms with Gasteiger partial charge in [0.05, 0.1) is 0 Å². The van der Waals surface area contributed by atoms with E-state index in [0.717, 1.165) is 0 Å². The fourth-order valence-corrected chi connectivity index (χ4v) is 1.81. The molecule has 0 N–H and O–H groups in total. The van der Waals surface area contributed by atoms with Gasteiger partial charge in [-0.1, -0.05) is 0 Å². The molecule has 1 heterocycles. The van der Waals surface area contributed by atoms with E-state index in [4.69, 9.17) is 0 Å². The van der Waals surface area contributed by atoms with Crippen LogP contribution in [-0.2, 0) is 4.74 Å². The van der Waals surface area contributed by atoms with E-state index < -0.39 is 0 Å². The van der Waals surface area contributed by atoms with E-state index in [0.29, 0.717) is 20.1 Å². The van der Waals surface area contributed by atoms with Crippen molar-refractivity contribution < 1.29 is 9.53 Å². The van der Waals surface area contributed by atoms with Crippen LogP contribution >= 0.6 is 0 Å². The van der Waals surface area contributed by atoms with Gasteiger partial charge < -0.3 is 0 Å². The fourth-order valence-electron chi connectivity index (χ4n) is 0.498. The zero-order valence-corrected chi connectivity index (χ0v) is 6.67. The predicted molar refractivity (Wildman–Crippen MR) is 34.7 cm³/mol. The average Bonchev–Trinajstić information content (AvgIpc) is 2.37. The molecular formula is C6H6O2Se. The van der Waals surface area contributed by atoms with Crippen molar-refractivity contribution in [3.63, 3.8) is 0 Å². The molecule has 0 aromatic carbocycles. The van der Waals surface area contributed by atoms with E-state index >= 15 is 0 Å². The number of ether oxygens (including phenoxy) is 1. The summed E-state index contributed by atoms with van der Waals surface area (Å²) in [5.74, 6) is -0.231. The summed E-state index contributed by atoms with van der Waals surface area (Å²) in [5, 5.41) is 0. The number of esters is 1. The Bertz CT molecular complexity index is 191. The molecule has 0 unspecified atom stereocenters. The van der Waals surface area contributed by atoms with Gasteiger partial charge in [-0.15, -0.1) is 0 Å². The Morgan fingerprint density at radius 2 is 2.56 bits per heavy atom. The first-order chi connectivity index (χ1) is 4.34. The SMILES string of the molecule is COC(=O)c1cc[se]c1. The molecule has 48 valence electrons. The Morgan fingerprint density at radius 3 is 3.00 bits per heavy atom. The first kappa shape index (κ1) is 6.59. The first-order valence-electron chi connectivity index (χ1n) is 2.45. The second-order valence-electron chi connectivity index (χ2n) is 1.50. The number of methoxy groups -OCH3 is 1. The number of carbonyl (C=O) groups is 1. The molecule has 0 radical (unpaired) electrons. The van der Waals surface area contributed by atoms with E-state index in [9.17, 15) is 4.79 Å². The van der Waals surface area contributed by atoms with Crippen molar-refractivity contribution in [1.29, 1.82) is 0 Å². The number of hydrogen-bond acceptors (Lipinski definition) is 2. The third-order valence-electron chi connectivity index (χ3n) is 0.942. The standard InChI is InChI=1S/C6H6O2Se/c1-8-6(7)5-2-3-9-4-5/h2-4H,1H3. The van der Waals surface area contributed by atoms with Crippen LogP contribution in [0.15, 0.2) is 15.9 Å². The molecule has 2 nitrogen and oxygen atoms in total. The van der Waals surface area contributed by atoms with Gasteiger partial charge in [0.25, 0.3) is 0 Å². The molecule has 1 aromatic heterocycles. The Hall–Kier alpha value is -0.531. The number of carbonyl (C=O) groups excluding carboxylic acids is 1. The molecule has 9 heavy (non-hydrogen) atoms. The van der Waals surface area contributed by atoms with Crippen LogP contribution < -0.4 is 0 Å². The minimum atomic E-state index is -0.231. The Morgan fingerprint density at radius 1 is 1.78 bits per heavy atom. The number of rotatable bonds is 1. The van der Waals surface area contributed by atoms with Crippen molar-refractivity contribution in [1.82, 2.24) is 0 Å². The molecule has 1 aromatic rings. The van der Waals surface area contributed by atoms with Crippen LogP contribution in [0, 0.1) is 0 Å². The quantitative estimate of drug-likeness (QED) is 0.475. The molecule has 1 rings (SSSR count). The van der Waals surface area contributed by atoms with Crippen molar-refractivity contribution in [3.05, 3.63) is 21.5 Å². The molecule has 0 fully saturated rings. The van der Waals surface area contributed by atoms with E-state index in [-0.39, 0.29) is 5.97 Å². The summed E-state index contributed by atoms with van der Waals surface area (Å²) in [5.41, 5.74) is 0.692. The summed E-state index contributed by atoms with van der Waals surface area (Å²) in [7, 11) is 1.39.